The first-order valence-corrected chi connectivity index (χ1v) is 9.10. The molecule has 0 radical (unpaired) electrons. The van der Waals surface area contributed by atoms with Gasteiger partial charge >= 0.3 is 0 Å². The molecule has 0 fully saturated rings. The predicted molar refractivity (Wildman–Crippen MR) is 94.0 cm³/mol. The Morgan fingerprint density at radius 1 is 1.18 bits per heavy atom. The molecule has 0 atom stereocenters. The van der Waals surface area contributed by atoms with Crippen LogP contribution in [0, 0.1) is 0 Å². The number of amides is 1. The van der Waals surface area contributed by atoms with Crippen molar-refractivity contribution in [3.63, 3.8) is 0 Å². The summed E-state index contributed by atoms with van der Waals surface area (Å²) in [5, 5.41) is 3.02. The molecule has 1 aromatic carbocycles. The zero-order valence-electron chi connectivity index (χ0n) is 13.2. The minimum absolute atomic E-state index is 0.0284. The molecule has 1 amide bonds. The van der Waals surface area contributed by atoms with Gasteiger partial charge in [-0.25, -0.2) is 0 Å². The normalized spacial score (nSPS) is 13.7. The van der Waals surface area contributed by atoms with E-state index in [1.165, 1.54) is 41.7 Å². The summed E-state index contributed by atoms with van der Waals surface area (Å²) in [6.07, 6.45) is 8.32. The van der Waals surface area contributed by atoms with Crippen molar-refractivity contribution in [1.29, 1.82) is 0 Å². The van der Waals surface area contributed by atoms with Crippen LogP contribution >= 0.6 is 11.3 Å². The van der Waals surface area contributed by atoms with E-state index in [1.807, 2.05) is 12.1 Å². The van der Waals surface area contributed by atoms with Gasteiger partial charge in [0.15, 0.2) is 0 Å². The van der Waals surface area contributed by atoms with Crippen molar-refractivity contribution in [3.8, 4) is 0 Å². The third-order valence-corrected chi connectivity index (χ3v) is 5.49. The Bertz CT molecular complexity index is 618. The molecule has 2 nitrogen and oxygen atoms in total. The standard InChI is InChI=1S/C19H23NOS/c1-2-3-6-14-9-11-16(12-10-14)20-19(21)18-13-15-7-4-5-8-17(15)22-18/h9-13H,2-8H2,1H3,(H,20,21). The van der Waals surface area contributed by atoms with E-state index in [2.05, 4.69) is 30.4 Å². The van der Waals surface area contributed by atoms with E-state index in [0.717, 1.165) is 29.8 Å². The van der Waals surface area contributed by atoms with Crippen molar-refractivity contribution in [2.24, 2.45) is 0 Å². The van der Waals surface area contributed by atoms with Crippen LogP contribution in [0.1, 0.15) is 58.3 Å². The third-order valence-electron chi connectivity index (χ3n) is 4.25. The topological polar surface area (TPSA) is 29.1 Å². The molecule has 1 heterocycles. The zero-order chi connectivity index (χ0) is 15.4. The van der Waals surface area contributed by atoms with Crippen LogP contribution in [-0.2, 0) is 19.3 Å². The number of benzene rings is 1. The number of rotatable bonds is 5. The van der Waals surface area contributed by atoms with Gasteiger partial charge in [-0.3, -0.25) is 4.79 Å². The number of anilines is 1. The van der Waals surface area contributed by atoms with E-state index in [0.29, 0.717) is 0 Å². The lowest BCUT2D eigenvalue weighted by Gasteiger charge is -2.08. The quantitative estimate of drug-likeness (QED) is 0.805. The second-order valence-corrected chi connectivity index (χ2v) is 7.16. The molecule has 0 saturated heterocycles. The van der Waals surface area contributed by atoms with Gasteiger partial charge in [-0.2, -0.15) is 0 Å². The number of aryl methyl sites for hydroxylation is 3. The Labute approximate surface area is 136 Å². The summed E-state index contributed by atoms with van der Waals surface area (Å²) in [5.74, 6) is 0.0284. The number of fused-ring (bicyclic) bond motifs is 1. The molecule has 0 saturated carbocycles. The van der Waals surface area contributed by atoms with Crippen LogP contribution in [0.25, 0.3) is 0 Å². The molecule has 1 aromatic heterocycles. The van der Waals surface area contributed by atoms with E-state index in [9.17, 15) is 4.79 Å². The Kier molecular flexibility index (Phi) is 4.94. The fourth-order valence-corrected chi connectivity index (χ4v) is 4.08. The largest absolute Gasteiger partial charge is 0.321 e. The van der Waals surface area contributed by atoms with Crippen LogP contribution in [0.4, 0.5) is 5.69 Å². The van der Waals surface area contributed by atoms with Crippen molar-refractivity contribution in [2.75, 3.05) is 5.32 Å². The van der Waals surface area contributed by atoms with Crippen LogP contribution in [0.3, 0.4) is 0 Å². The predicted octanol–water partition coefficient (Wildman–Crippen LogP) is 5.22. The van der Waals surface area contributed by atoms with Crippen molar-refractivity contribution in [1.82, 2.24) is 0 Å². The molecule has 2 aromatic rings. The maximum absolute atomic E-state index is 12.4. The smallest absolute Gasteiger partial charge is 0.265 e. The Balaban J connectivity index is 1.64. The number of nitrogens with one attached hydrogen (secondary N) is 1. The fraction of sp³-hybridized carbons (Fsp3) is 0.421. The number of thiophene rings is 1. The van der Waals surface area contributed by atoms with E-state index >= 15 is 0 Å². The number of hydrogen-bond donors (Lipinski definition) is 1. The van der Waals surface area contributed by atoms with Crippen LogP contribution in [-0.4, -0.2) is 5.91 Å². The summed E-state index contributed by atoms with van der Waals surface area (Å²) in [7, 11) is 0. The van der Waals surface area contributed by atoms with Crippen molar-refractivity contribution < 1.29 is 4.79 Å². The summed E-state index contributed by atoms with van der Waals surface area (Å²) in [5.41, 5.74) is 3.61. The first kappa shape index (κ1) is 15.3. The molecule has 22 heavy (non-hydrogen) atoms. The highest BCUT2D eigenvalue weighted by molar-refractivity contribution is 7.14. The number of unbranched alkanes of at least 4 members (excludes halogenated alkanes) is 1. The molecule has 0 bridgehead atoms. The molecule has 0 unspecified atom stereocenters. The van der Waals surface area contributed by atoms with Gasteiger partial charge < -0.3 is 5.32 Å². The number of hydrogen-bond acceptors (Lipinski definition) is 2. The first-order valence-electron chi connectivity index (χ1n) is 8.28. The summed E-state index contributed by atoms with van der Waals surface area (Å²) in [4.78, 5) is 14.6. The molecule has 3 heteroatoms. The minimum atomic E-state index is 0.0284. The molecule has 1 aliphatic rings. The van der Waals surface area contributed by atoms with Gasteiger partial charge in [0.25, 0.3) is 5.91 Å². The highest BCUT2D eigenvalue weighted by atomic mass is 32.1. The van der Waals surface area contributed by atoms with Gasteiger partial charge in [-0.1, -0.05) is 25.5 Å². The van der Waals surface area contributed by atoms with E-state index in [4.69, 9.17) is 0 Å². The molecule has 3 rings (SSSR count). The van der Waals surface area contributed by atoms with Crippen molar-refractivity contribution in [2.45, 2.75) is 51.9 Å². The second kappa shape index (κ2) is 7.10. The SMILES string of the molecule is CCCCc1ccc(NC(=O)c2cc3c(s2)CCCC3)cc1. The van der Waals surface area contributed by atoms with E-state index < -0.39 is 0 Å². The highest BCUT2D eigenvalue weighted by Gasteiger charge is 2.17. The summed E-state index contributed by atoms with van der Waals surface area (Å²) >= 11 is 1.66. The second-order valence-electron chi connectivity index (χ2n) is 6.02. The van der Waals surface area contributed by atoms with Gasteiger partial charge in [0.05, 0.1) is 4.88 Å². The lowest BCUT2D eigenvalue weighted by Crippen LogP contribution is -2.10. The van der Waals surface area contributed by atoms with Gasteiger partial charge in [-0.15, -0.1) is 11.3 Å². The molecule has 0 aliphatic heterocycles. The highest BCUT2D eigenvalue weighted by Crippen LogP contribution is 2.30. The molecular weight excluding hydrogens is 290 g/mol. The van der Waals surface area contributed by atoms with Crippen LogP contribution in [0.5, 0.6) is 0 Å². The van der Waals surface area contributed by atoms with Crippen LogP contribution in [0.15, 0.2) is 30.3 Å². The van der Waals surface area contributed by atoms with Crippen LogP contribution < -0.4 is 5.32 Å². The van der Waals surface area contributed by atoms with Gasteiger partial charge in [0, 0.05) is 10.6 Å². The molecule has 1 N–H and O–H groups in total. The van der Waals surface area contributed by atoms with Gasteiger partial charge in [0.1, 0.15) is 0 Å². The maximum Gasteiger partial charge on any atom is 0.265 e. The van der Waals surface area contributed by atoms with E-state index in [1.54, 1.807) is 11.3 Å². The Hall–Kier alpha value is -1.61. The Morgan fingerprint density at radius 2 is 1.95 bits per heavy atom. The van der Waals surface area contributed by atoms with Gasteiger partial charge in [0.2, 0.25) is 0 Å². The number of carbonyl (C=O) groups is 1. The summed E-state index contributed by atoms with van der Waals surface area (Å²) in [6.45, 7) is 2.20. The third kappa shape index (κ3) is 3.58. The Morgan fingerprint density at radius 3 is 2.68 bits per heavy atom. The van der Waals surface area contributed by atoms with Crippen molar-refractivity contribution in [3.05, 3.63) is 51.2 Å². The zero-order valence-corrected chi connectivity index (χ0v) is 14.0. The molecule has 1 aliphatic carbocycles. The van der Waals surface area contributed by atoms with E-state index in [-0.39, 0.29) is 5.91 Å². The molecule has 116 valence electrons. The summed E-state index contributed by atoms with van der Waals surface area (Å²) in [6, 6.07) is 10.3. The first-order chi connectivity index (χ1) is 10.8. The van der Waals surface area contributed by atoms with Gasteiger partial charge in [-0.05, 0) is 67.9 Å². The minimum Gasteiger partial charge on any atom is -0.321 e. The lowest BCUT2D eigenvalue weighted by atomic mass is 9.99. The molecular formula is C19H23NOS. The van der Waals surface area contributed by atoms with Crippen LogP contribution in [0.2, 0.25) is 0 Å². The maximum atomic E-state index is 12.4. The molecule has 0 spiro atoms. The summed E-state index contributed by atoms with van der Waals surface area (Å²) < 4.78 is 0. The fourth-order valence-electron chi connectivity index (χ4n) is 2.93. The number of carbonyl (C=O) groups excluding carboxylic acids is 1. The average molecular weight is 313 g/mol. The van der Waals surface area contributed by atoms with Crippen molar-refractivity contribution >= 4 is 22.9 Å². The average Bonchev–Trinajstić information content (AvgIpc) is 2.98. The lowest BCUT2D eigenvalue weighted by molar-refractivity contribution is 0.103. The monoisotopic (exact) mass is 313 g/mol.